The van der Waals surface area contributed by atoms with E-state index in [9.17, 15) is 0 Å². The fraction of sp³-hybridized carbons (Fsp3) is 0.583. The van der Waals surface area contributed by atoms with Crippen molar-refractivity contribution in [2.75, 3.05) is 24.5 Å². The number of anilines is 1. The van der Waals surface area contributed by atoms with Gasteiger partial charge in [-0.3, -0.25) is 9.47 Å². The van der Waals surface area contributed by atoms with Gasteiger partial charge in [0.2, 0.25) is 0 Å². The monoisotopic (exact) mass is 449 g/mol. The van der Waals surface area contributed by atoms with E-state index in [0.29, 0.717) is 16.9 Å². The van der Waals surface area contributed by atoms with Gasteiger partial charge < -0.3 is 4.90 Å². The average molecular weight is 450 g/mol. The number of fused-ring (bicyclic) bond motifs is 2. The highest BCUT2D eigenvalue weighted by Gasteiger charge is 2.54. The van der Waals surface area contributed by atoms with Gasteiger partial charge in [-0.1, -0.05) is 11.6 Å². The van der Waals surface area contributed by atoms with Gasteiger partial charge in [0.05, 0.1) is 6.54 Å². The fourth-order valence-electron chi connectivity index (χ4n) is 6.26. The second-order valence-electron chi connectivity index (χ2n) is 10.8. The zero-order chi connectivity index (χ0) is 21.5. The van der Waals surface area contributed by atoms with Gasteiger partial charge in [0.1, 0.15) is 18.0 Å². The molecule has 1 saturated heterocycles. The second-order valence-corrected chi connectivity index (χ2v) is 11.2. The van der Waals surface area contributed by atoms with Gasteiger partial charge >= 0.3 is 0 Å². The topological polar surface area (TPSA) is 63.0 Å². The SMILES string of the molecule is CC1(N2CC3=C(CCC(Cl)=C3)n3c(nnc3C3CC4(C3)CN(c3ccncn3)C4)C2)CC1. The van der Waals surface area contributed by atoms with E-state index in [0.717, 1.165) is 55.7 Å². The molecule has 0 N–H and O–H groups in total. The molecule has 4 heterocycles. The predicted octanol–water partition coefficient (Wildman–Crippen LogP) is 3.95. The minimum Gasteiger partial charge on any atom is -0.355 e. The van der Waals surface area contributed by atoms with Crippen molar-refractivity contribution in [3.63, 3.8) is 0 Å². The molecular formula is C24H28ClN7. The first-order valence-electron chi connectivity index (χ1n) is 11.8. The Morgan fingerprint density at radius 3 is 2.69 bits per heavy atom. The number of aromatic nitrogens is 5. The van der Waals surface area contributed by atoms with Crippen LogP contribution in [0.4, 0.5) is 5.82 Å². The maximum absolute atomic E-state index is 6.49. The van der Waals surface area contributed by atoms with Crippen LogP contribution in [0.15, 0.2) is 35.3 Å². The third kappa shape index (κ3) is 2.90. The van der Waals surface area contributed by atoms with Crippen LogP contribution in [-0.4, -0.2) is 54.8 Å². The van der Waals surface area contributed by atoms with E-state index in [-0.39, 0.29) is 0 Å². The lowest BCUT2D eigenvalue weighted by Crippen LogP contribution is -2.62. The van der Waals surface area contributed by atoms with Gasteiger partial charge in [-0.2, -0.15) is 0 Å². The van der Waals surface area contributed by atoms with E-state index < -0.39 is 0 Å². The van der Waals surface area contributed by atoms with Crippen LogP contribution in [0.2, 0.25) is 0 Å². The Morgan fingerprint density at radius 2 is 1.94 bits per heavy atom. The molecule has 5 aliphatic rings. The van der Waals surface area contributed by atoms with Crippen molar-refractivity contribution in [1.29, 1.82) is 0 Å². The number of hydrogen-bond donors (Lipinski definition) is 0. The normalized spacial score (nSPS) is 26.1. The largest absolute Gasteiger partial charge is 0.355 e. The third-order valence-electron chi connectivity index (χ3n) is 8.42. The number of allylic oxidation sites excluding steroid dienone is 2. The van der Waals surface area contributed by atoms with Crippen LogP contribution in [-0.2, 0) is 6.54 Å². The highest BCUT2D eigenvalue weighted by molar-refractivity contribution is 6.30. The Morgan fingerprint density at radius 1 is 1.09 bits per heavy atom. The highest BCUT2D eigenvalue weighted by atomic mass is 35.5. The molecule has 2 saturated carbocycles. The molecule has 7 rings (SSSR count). The maximum atomic E-state index is 6.49. The smallest absolute Gasteiger partial charge is 0.151 e. The van der Waals surface area contributed by atoms with Crippen molar-refractivity contribution < 1.29 is 0 Å². The molecule has 0 amide bonds. The first kappa shape index (κ1) is 19.2. The molecule has 3 fully saturated rings. The molecule has 7 nitrogen and oxygen atoms in total. The van der Waals surface area contributed by atoms with Crippen molar-refractivity contribution in [3.8, 4) is 0 Å². The van der Waals surface area contributed by atoms with Gasteiger partial charge in [-0.05, 0) is 63.2 Å². The molecule has 2 aliphatic heterocycles. The van der Waals surface area contributed by atoms with E-state index in [1.54, 1.807) is 6.33 Å². The molecule has 2 aromatic heterocycles. The van der Waals surface area contributed by atoms with Gasteiger partial charge in [0.25, 0.3) is 0 Å². The van der Waals surface area contributed by atoms with Crippen molar-refractivity contribution in [2.45, 2.75) is 63.5 Å². The van der Waals surface area contributed by atoms with Crippen molar-refractivity contribution >= 4 is 23.1 Å². The van der Waals surface area contributed by atoms with Gasteiger partial charge in [0.15, 0.2) is 5.82 Å². The number of rotatable bonds is 3. The fourth-order valence-corrected chi connectivity index (χ4v) is 6.49. The Bertz CT molecular complexity index is 1130. The quantitative estimate of drug-likeness (QED) is 0.707. The van der Waals surface area contributed by atoms with Gasteiger partial charge in [0, 0.05) is 53.4 Å². The Kier molecular flexibility index (Phi) is 3.99. The Hall–Kier alpha value is -2.25. The summed E-state index contributed by atoms with van der Waals surface area (Å²) in [5.74, 6) is 3.82. The summed E-state index contributed by atoms with van der Waals surface area (Å²) in [5.41, 5.74) is 3.46. The van der Waals surface area contributed by atoms with E-state index in [2.05, 4.69) is 37.3 Å². The van der Waals surface area contributed by atoms with E-state index >= 15 is 0 Å². The average Bonchev–Trinajstić information content (AvgIpc) is 3.40. The Balaban J connectivity index is 1.16. The summed E-state index contributed by atoms with van der Waals surface area (Å²) >= 11 is 6.49. The zero-order valence-corrected chi connectivity index (χ0v) is 19.2. The van der Waals surface area contributed by atoms with Crippen molar-refractivity contribution in [1.82, 2.24) is 29.6 Å². The molecular weight excluding hydrogens is 422 g/mol. The Labute approximate surface area is 193 Å². The van der Waals surface area contributed by atoms with E-state index in [1.165, 1.54) is 42.8 Å². The molecule has 0 unspecified atom stereocenters. The number of nitrogens with zero attached hydrogens (tertiary/aromatic N) is 7. The summed E-state index contributed by atoms with van der Waals surface area (Å²) in [4.78, 5) is 13.4. The summed E-state index contributed by atoms with van der Waals surface area (Å²) < 4.78 is 2.43. The van der Waals surface area contributed by atoms with Crippen LogP contribution in [0.5, 0.6) is 0 Å². The first-order valence-corrected chi connectivity index (χ1v) is 12.2. The lowest BCUT2D eigenvalue weighted by Gasteiger charge is -2.59. The lowest BCUT2D eigenvalue weighted by molar-refractivity contribution is 0.0582. The molecule has 0 aromatic carbocycles. The molecule has 3 aliphatic carbocycles. The van der Waals surface area contributed by atoms with Crippen LogP contribution in [0.3, 0.4) is 0 Å². The molecule has 0 radical (unpaired) electrons. The van der Waals surface area contributed by atoms with Crippen LogP contribution in [0, 0.1) is 5.41 Å². The second kappa shape index (κ2) is 6.64. The highest BCUT2D eigenvalue weighted by Crippen LogP contribution is 2.57. The predicted molar refractivity (Wildman–Crippen MR) is 123 cm³/mol. The summed E-state index contributed by atoms with van der Waals surface area (Å²) in [6.45, 7) is 6.39. The summed E-state index contributed by atoms with van der Waals surface area (Å²) in [6, 6.07) is 2.00. The summed E-state index contributed by atoms with van der Waals surface area (Å²) in [6.07, 6.45) is 12.5. The van der Waals surface area contributed by atoms with Crippen molar-refractivity contribution in [2.24, 2.45) is 5.41 Å². The zero-order valence-electron chi connectivity index (χ0n) is 18.5. The third-order valence-corrected chi connectivity index (χ3v) is 8.72. The maximum Gasteiger partial charge on any atom is 0.151 e. The number of hydrogen-bond acceptors (Lipinski definition) is 6. The molecule has 0 bridgehead atoms. The van der Waals surface area contributed by atoms with Crippen LogP contribution in [0.25, 0.3) is 5.70 Å². The molecule has 32 heavy (non-hydrogen) atoms. The molecule has 2 aromatic rings. The minimum absolute atomic E-state index is 0.300. The van der Waals surface area contributed by atoms with E-state index in [4.69, 9.17) is 21.8 Å². The lowest BCUT2D eigenvalue weighted by atomic mass is 9.57. The number of halogens is 1. The molecule has 8 heteroatoms. The van der Waals surface area contributed by atoms with Crippen LogP contribution < -0.4 is 4.90 Å². The van der Waals surface area contributed by atoms with Gasteiger partial charge in [-0.15, -0.1) is 10.2 Å². The van der Waals surface area contributed by atoms with E-state index in [1.807, 2.05) is 12.3 Å². The van der Waals surface area contributed by atoms with Crippen molar-refractivity contribution in [3.05, 3.63) is 46.9 Å². The molecule has 1 spiro atoms. The summed E-state index contributed by atoms with van der Waals surface area (Å²) in [7, 11) is 0. The van der Waals surface area contributed by atoms with Gasteiger partial charge in [-0.25, -0.2) is 9.97 Å². The minimum atomic E-state index is 0.300. The standard InChI is InChI=1S/C24H28ClN7/c1-23(5-6-23)31-11-16-8-18(25)2-3-19(16)32-21(12-31)28-29-22(32)17-9-24(10-17)13-30(14-24)20-4-7-26-15-27-20/h4,7-8,15,17H,2-3,5-6,9-14H2,1H3. The summed E-state index contributed by atoms with van der Waals surface area (Å²) in [5, 5.41) is 10.5. The first-order chi connectivity index (χ1) is 15.5. The van der Waals surface area contributed by atoms with Crippen LogP contribution in [0.1, 0.15) is 63.0 Å². The molecule has 166 valence electrons. The molecule has 0 atom stereocenters. The van der Waals surface area contributed by atoms with Crippen LogP contribution >= 0.6 is 11.6 Å².